The van der Waals surface area contributed by atoms with Crippen LogP contribution in [0.2, 0.25) is 0 Å². The van der Waals surface area contributed by atoms with Crippen molar-refractivity contribution in [2.45, 2.75) is 52.0 Å². The molecule has 3 rings (SSSR count). The van der Waals surface area contributed by atoms with Crippen LogP contribution in [0, 0.1) is 6.92 Å². The average molecular weight is 335 g/mol. The molecule has 0 spiro atoms. The molecule has 2 aromatic carbocycles. The lowest BCUT2D eigenvalue weighted by atomic mass is 10.0. The van der Waals surface area contributed by atoms with Crippen molar-refractivity contribution in [3.8, 4) is 0 Å². The highest BCUT2D eigenvalue weighted by molar-refractivity contribution is 5.98. The molecule has 0 aromatic heterocycles. The third-order valence-corrected chi connectivity index (χ3v) is 5.03. The Balaban J connectivity index is 1.53. The number of Topliss-reactive ketones (excluding diaryl/α,β-unsaturated/α-hetero) is 1. The van der Waals surface area contributed by atoms with Crippen LogP contribution in [-0.4, -0.2) is 11.7 Å². The van der Waals surface area contributed by atoms with E-state index in [0.29, 0.717) is 0 Å². The first kappa shape index (κ1) is 17.4. The number of hydrogen-bond acceptors (Lipinski definition) is 2. The summed E-state index contributed by atoms with van der Waals surface area (Å²) in [6.45, 7) is 4.01. The Morgan fingerprint density at radius 2 is 1.80 bits per heavy atom. The van der Waals surface area contributed by atoms with E-state index in [0.717, 1.165) is 29.5 Å². The van der Waals surface area contributed by atoms with Gasteiger partial charge in [0.05, 0.1) is 6.04 Å². The highest BCUT2D eigenvalue weighted by atomic mass is 16.2. The molecule has 3 nitrogen and oxygen atoms in total. The molecule has 1 N–H and O–H groups in total. The summed E-state index contributed by atoms with van der Waals surface area (Å²) >= 11 is 0. The van der Waals surface area contributed by atoms with Gasteiger partial charge < -0.3 is 5.32 Å². The van der Waals surface area contributed by atoms with Crippen LogP contribution in [0.3, 0.4) is 0 Å². The molecule has 0 fully saturated rings. The second kappa shape index (κ2) is 7.64. The predicted octanol–water partition coefficient (Wildman–Crippen LogP) is 4.32. The van der Waals surface area contributed by atoms with Crippen LogP contribution in [-0.2, 0) is 17.6 Å². The van der Waals surface area contributed by atoms with Crippen LogP contribution in [0.15, 0.2) is 42.5 Å². The fourth-order valence-electron chi connectivity index (χ4n) is 3.58. The molecule has 0 aliphatic heterocycles. The first-order chi connectivity index (χ1) is 12.0. The normalized spacial score (nSPS) is 14.0. The second-order valence-corrected chi connectivity index (χ2v) is 6.91. The zero-order valence-electron chi connectivity index (χ0n) is 15.0. The van der Waals surface area contributed by atoms with Crippen LogP contribution in [0.1, 0.15) is 64.8 Å². The minimum absolute atomic E-state index is 0.0494. The van der Waals surface area contributed by atoms with E-state index in [9.17, 15) is 9.59 Å². The van der Waals surface area contributed by atoms with Crippen molar-refractivity contribution in [3.05, 3.63) is 70.3 Å². The number of carbonyl (C=O) groups excluding carboxylic acids is 2. The van der Waals surface area contributed by atoms with Crippen molar-refractivity contribution in [2.24, 2.45) is 0 Å². The molecule has 1 aliphatic rings. The highest BCUT2D eigenvalue weighted by Gasteiger charge is 2.16. The Labute approximate surface area is 149 Å². The third-order valence-electron chi connectivity index (χ3n) is 5.03. The number of aryl methyl sites for hydroxylation is 3. The van der Waals surface area contributed by atoms with E-state index in [4.69, 9.17) is 0 Å². The molecule has 0 unspecified atom stereocenters. The molecular formula is C22H25NO2. The second-order valence-electron chi connectivity index (χ2n) is 6.91. The molecule has 0 saturated carbocycles. The molecule has 2 aromatic rings. The minimum atomic E-state index is -0.0785. The molecule has 0 saturated heterocycles. The number of ketones is 1. The van der Waals surface area contributed by atoms with E-state index >= 15 is 0 Å². The first-order valence-electron chi connectivity index (χ1n) is 9.04. The summed E-state index contributed by atoms with van der Waals surface area (Å²) in [5.74, 6) is -0.0290. The summed E-state index contributed by atoms with van der Waals surface area (Å²) in [6.07, 6.45) is 3.83. The Bertz CT molecular complexity index is 794. The summed E-state index contributed by atoms with van der Waals surface area (Å²) in [7, 11) is 0. The molecular weight excluding hydrogens is 310 g/mol. The van der Waals surface area contributed by atoms with Crippen molar-refractivity contribution >= 4 is 11.7 Å². The van der Waals surface area contributed by atoms with Gasteiger partial charge in [-0.2, -0.15) is 0 Å². The van der Waals surface area contributed by atoms with Gasteiger partial charge in [-0.3, -0.25) is 9.59 Å². The van der Waals surface area contributed by atoms with E-state index in [1.807, 2.05) is 50.2 Å². The van der Waals surface area contributed by atoms with Crippen molar-refractivity contribution in [3.63, 3.8) is 0 Å². The molecule has 25 heavy (non-hydrogen) atoms. The number of carbonyl (C=O) groups is 2. The summed E-state index contributed by atoms with van der Waals surface area (Å²) in [4.78, 5) is 24.6. The molecule has 0 heterocycles. The van der Waals surface area contributed by atoms with Gasteiger partial charge in [0.15, 0.2) is 5.78 Å². The standard InChI is InChI=1S/C22H25NO2/c1-15-6-3-4-9-20(15)16(2)23-22(25)13-12-21(24)19-11-10-17-7-5-8-18(17)14-19/h3-4,6,9-11,14,16H,5,7-8,12-13H2,1-2H3,(H,23,25)/t16-/m0/s1. The first-order valence-corrected chi connectivity index (χ1v) is 9.04. The average Bonchev–Trinajstić information content (AvgIpc) is 3.07. The zero-order chi connectivity index (χ0) is 17.8. The summed E-state index contributed by atoms with van der Waals surface area (Å²) in [5, 5.41) is 2.99. The Kier molecular flexibility index (Phi) is 5.32. The topological polar surface area (TPSA) is 46.2 Å². The van der Waals surface area contributed by atoms with Gasteiger partial charge in [-0.15, -0.1) is 0 Å². The van der Waals surface area contributed by atoms with Crippen molar-refractivity contribution in [1.29, 1.82) is 0 Å². The summed E-state index contributed by atoms with van der Waals surface area (Å²) in [6, 6.07) is 14.0. The van der Waals surface area contributed by atoms with Gasteiger partial charge in [0, 0.05) is 18.4 Å². The third kappa shape index (κ3) is 4.16. The lowest BCUT2D eigenvalue weighted by molar-refractivity contribution is -0.121. The van der Waals surface area contributed by atoms with Gasteiger partial charge in [0.25, 0.3) is 0 Å². The molecule has 1 amide bonds. The quantitative estimate of drug-likeness (QED) is 0.799. The van der Waals surface area contributed by atoms with Gasteiger partial charge in [-0.05, 0) is 61.4 Å². The number of benzene rings is 2. The molecule has 0 bridgehead atoms. The minimum Gasteiger partial charge on any atom is -0.350 e. The van der Waals surface area contributed by atoms with Crippen molar-refractivity contribution in [2.75, 3.05) is 0 Å². The summed E-state index contributed by atoms with van der Waals surface area (Å²) in [5.41, 5.74) is 5.66. The molecule has 1 atom stereocenters. The number of nitrogens with one attached hydrogen (secondary N) is 1. The van der Waals surface area contributed by atoms with E-state index in [1.165, 1.54) is 17.5 Å². The van der Waals surface area contributed by atoms with Crippen LogP contribution in [0.5, 0.6) is 0 Å². The monoisotopic (exact) mass is 335 g/mol. The van der Waals surface area contributed by atoms with E-state index in [1.54, 1.807) is 0 Å². The van der Waals surface area contributed by atoms with Crippen LogP contribution < -0.4 is 5.32 Å². The maximum atomic E-state index is 12.4. The SMILES string of the molecule is Cc1ccccc1[C@H](C)NC(=O)CCC(=O)c1ccc2c(c1)CCC2. The number of rotatable bonds is 6. The lowest BCUT2D eigenvalue weighted by Crippen LogP contribution is -2.27. The fourth-order valence-corrected chi connectivity index (χ4v) is 3.58. The van der Waals surface area contributed by atoms with Crippen molar-refractivity contribution in [1.82, 2.24) is 5.32 Å². The Morgan fingerprint density at radius 1 is 1.04 bits per heavy atom. The molecule has 3 heteroatoms. The number of amides is 1. The predicted molar refractivity (Wildman–Crippen MR) is 99.8 cm³/mol. The van der Waals surface area contributed by atoms with Crippen LogP contribution in [0.25, 0.3) is 0 Å². The summed E-state index contributed by atoms with van der Waals surface area (Å²) < 4.78 is 0. The number of hydrogen-bond donors (Lipinski definition) is 1. The largest absolute Gasteiger partial charge is 0.350 e. The molecule has 1 aliphatic carbocycles. The zero-order valence-corrected chi connectivity index (χ0v) is 15.0. The van der Waals surface area contributed by atoms with Gasteiger partial charge >= 0.3 is 0 Å². The molecule has 0 radical (unpaired) electrons. The van der Waals surface area contributed by atoms with Gasteiger partial charge in [0.1, 0.15) is 0 Å². The van der Waals surface area contributed by atoms with Crippen LogP contribution >= 0.6 is 0 Å². The lowest BCUT2D eigenvalue weighted by Gasteiger charge is -2.16. The van der Waals surface area contributed by atoms with E-state index in [-0.39, 0.29) is 30.6 Å². The van der Waals surface area contributed by atoms with Crippen molar-refractivity contribution < 1.29 is 9.59 Å². The van der Waals surface area contributed by atoms with E-state index < -0.39 is 0 Å². The van der Waals surface area contributed by atoms with Gasteiger partial charge in [-0.25, -0.2) is 0 Å². The molecule has 130 valence electrons. The number of fused-ring (bicyclic) bond motifs is 1. The van der Waals surface area contributed by atoms with Gasteiger partial charge in [0.2, 0.25) is 5.91 Å². The highest BCUT2D eigenvalue weighted by Crippen LogP contribution is 2.23. The smallest absolute Gasteiger partial charge is 0.220 e. The maximum Gasteiger partial charge on any atom is 0.220 e. The van der Waals surface area contributed by atoms with Crippen LogP contribution in [0.4, 0.5) is 0 Å². The van der Waals surface area contributed by atoms with E-state index in [2.05, 4.69) is 11.4 Å². The van der Waals surface area contributed by atoms with Gasteiger partial charge in [-0.1, -0.05) is 36.4 Å². The Morgan fingerprint density at radius 3 is 2.60 bits per heavy atom. The fraction of sp³-hybridized carbons (Fsp3) is 0.364. The maximum absolute atomic E-state index is 12.4. The Hall–Kier alpha value is -2.42.